The summed E-state index contributed by atoms with van der Waals surface area (Å²) in [5.74, 6) is 6.70. The Kier molecular flexibility index (Phi) is 5.63. The Labute approximate surface area is 136 Å². The van der Waals surface area contributed by atoms with Gasteiger partial charge in [-0.25, -0.2) is 8.42 Å². The molecule has 0 radical (unpaired) electrons. The van der Waals surface area contributed by atoms with Crippen LogP contribution in [0.25, 0.3) is 0 Å². The maximum atomic E-state index is 12.2. The third-order valence-corrected chi connectivity index (χ3v) is 4.47. The fourth-order valence-electron chi connectivity index (χ4n) is 1.87. The summed E-state index contributed by atoms with van der Waals surface area (Å²) in [5.41, 5.74) is 0.780. The summed E-state index contributed by atoms with van der Waals surface area (Å²) in [7, 11) is -0.647. The smallest absolute Gasteiger partial charge is 0.245 e. The summed E-state index contributed by atoms with van der Waals surface area (Å²) in [6.07, 6.45) is 0. The van der Waals surface area contributed by atoms with Gasteiger partial charge in [-0.15, -0.1) is 0 Å². The summed E-state index contributed by atoms with van der Waals surface area (Å²) in [5, 5.41) is 0. The molecule has 0 atom stereocenters. The van der Waals surface area contributed by atoms with Crippen LogP contribution in [0.4, 0.5) is 0 Å². The standard InChI is InChI=1S/C17H17NO4S/c1-21-15-11-9-14(10-12-15)6-5-13-18-23(19,20)17-8-4-3-7-16(17)22-2/h3-4,7-12,18H,13H2,1-2H3. The fraction of sp³-hybridized carbons (Fsp3) is 0.176. The number of benzene rings is 2. The molecule has 1 N–H and O–H groups in total. The molecule has 5 nitrogen and oxygen atoms in total. The molecule has 0 saturated heterocycles. The first-order valence-electron chi connectivity index (χ1n) is 6.82. The molecule has 0 bridgehead atoms. The SMILES string of the molecule is COc1ccc(C#CCNS(=O)(=O)c2ccccc2OC)cc1. The zero-order valence-electron chi connectivity index (χ0n) is 12.9. The normalized spacial score (nSPS) is 10.5. The molecular weight excluding hydrogens is 314 g/mol. The third kappa shape index (κ3) is 4.49. The Balaban J connectivity index is 2.04. The molecule has 0 saturated carbocycles. The lowest BCUT2D eigenvalue weighted by atomic mass is 10.2. The van der Waals surface area contributed by atoms with Crippen LogP contribution >= 0.6 is 0 Å². The van der Waals surface area contributed by atoms with Crippen molar-refractivity contribution in [3.05, 3.63) is 54.1 Å². The lowest BCUT2D eigenvalue weighted by molar-refractivity contribution is 0.402. The number of rotatable bonds is 5. The van der Waals surface area contributed by atoms with Gasteiger partial charge in [0.1, 0.15) is 16.4 Å². The van der Waals surface area contributed by atoms with Gasteiger partial charge in [0.25, 0.3) is 0 Å². The van der Waals surface area contributed by atoms with Crippen LogP contribution in [-0.4, -0.2) is 29.2 Å². The number of hydrogen-bond donors (Lipinski definition) is 1. The summed E-state index contributed by atoms with van der Waals surface area (Å²) in [6, 6.07) is 13.6. The number of hydrogen-bond acceptors (Lipinski definition) is 4. The van der Waals surface area contributed by atoms with E-state index in [-0.39, 0.29) is 11.4 Å². The molecule has 0 aliphatic rings. The molecule has 2 aromatic carbocycles. The van der Waals surface area contributed by atoms with Crippen molar-refractivity contribution in [1.82, 2.24) is 4.72 Å². The van der Waals surface area contributed by atoms with Crippen molar-refractivity contribution < 1.29 is 17.9 Å². The Morgan fingerprint density at radius 1 is 1.00 bits per heavy atom. The fourth-order valence-corrected chi connectivity index (χ4v) is 2.96. The molecule has 0 fully saturated rings. The summed E-state index contributed by atoms with van der Waals surface area (Å²) >= 11 is 0. The van der Waals surface area contributed by atoms with E-state index in [9.17, 15) is 8.42 Å². The minimum absolute atomic E-state index is 0.00636. The van der Waals surface area contributed by atoms with Crippen molar-refractivity contribution in [2.24, 2.45) is 0 Å². The number of para-hydroxylation sites is 1. The van der Waals surface area contributed by atoms with Gasteiger partial charge in [0.05, 0.1) is 20.8 Å². The molecule has 2 aromatic rings. The van der Waals surface area contributed by atoms with Crippen molar-refractivity contribution >= 4 is 10.0 Å². The van der Waals surface area contributed by atoms with Crippen molar-refractivity contribution in [2.75, 3.05) is 20.8 Å². The molecule has 23 heavy (non-hydrogen) atoms. The minimum Gasteiger partial charge on any atom is -0.497 e. The average molecular weight is 331 g/mol. The molecule has 6 heteroatoms. The van der Waals surface area contributed by atoms with E-state index in [0.29, 0.717) is 5.75 Å². The van der Waals surface area contributed by atoms with E-state index in [1.54, 1.807) is 49.6 Å². The van der Waals surface area contributed by atoms with E-state index in [0.717, 1.165) is 11.3 Å². The Morgan fingerprint density at radius 3 is 2.35 bits per heavy atom. The Morgan fingerprint density at radius 2 is 1.70 bits per heavy atom. The molecule has 0 aliphatic heterocycles. The summed E-state index contributed by atoms with van der Waals surface area (Å²) < 4.78 is 37.0. The van der Waals surface area contributed by atoms with Gasteiger partial charge in [0.2, 0.25) is 10.0 Å². The van der Waals surface area contributed by atoms with Gasteiger partial charge in [-0.05, 0) is 36.4 Å². The van der Waals surface area contributed by atoms with Crippen LogP contribution in [-0.2, 0) is 10.0 Å². The first-order valence-corrected chi connectivity index (χ1v) is 8.31. The highest BCUT2D eigenvalue weighted by molar-refractivity contribution is 7.89. The van der Waals surface area contributed by atoms with Crippen molar-refractivity contribution in [3.63, 3.8) is 0 Å². The average Bonchev–Trinajstić information content (AvgIpc) is 2.59. The lowest BCUT2D eigenvalue weighted by Crippen LogP contribution is -2.24. The molecule has 120 valence electrons. The summed E-state index contributed by atoms with van der Waals surface area (Å²) in [4.78, 5) is 0.0914. The predicted octanol–water partition coefficient (Wildman–Crippen LogP) is 2.03. The number of nitrogens with one attached hydrogen (secondary N) is 1. The second kappa shape index (κ2) is 7.68. The van der Waals surface area contributed by atoms with E-state index in [1.807, 2.05) is 0 Å². The topological polar surface area (TPSA) is 64.6 Å². The predicted molar refractivity (Wildman–Crippen MR) is 88.1 cm³/mol. The van der Waals surface area contributed by atoms with Crippen LogP contribution < -0.4 is 14.2 Å². The van der Waals surface area contributed by atoms with Crippen LogP contribution in [0.1, 0.15) is 5.56 Å². The lowest BCUT2D eigenvalue weighted by Gasteiger charge is -2.08. The Hall–Kier alpha value is -2.49. The number of methoxy groups -OCH3 is 2. The highest BCUT2D eigenvalue weighted by Gasteiger charge is 2.17. The first-order chi connectivity index (χ1) is 11.1. The number of sulfonamides is 1. The first kappa shape index (κ1) is 16.9. The molecule has 2 rings (SSSR count). The van der Waals surface area contributed by atoms with Gasteiger partial charge in [-0.1, -0.05) is 24.0 Å². The molecule has 0 aromatic heterocycles. The number of ether oxygens (including phenoxy) is 2. The van der Waals surface area contributed by atoms with E-state index in [4.69, 9.17) is 9.47 Å². The van der Waals surface area contributed by atoms with Crippen LogP contribution in [0.5, 0.6) is 11.5 Å². The molecule has 0 spiro atoms. The quantitative estimate of drug-likeness (QED) is 0.852. The zero-order chi connectivity index (χ0) is 16.7. The minimum atomic E-state index is -3.67. The van der Waals surface area contributed by atoms with Crippen LogP contribution in [0, 0.1) is 11.8 Å². The highest BCUT2D eigenvalue weighted by atomic mass is 32.2. The largest absolute Gasteiger partial charge is 0.497 e. The van der Waals surface area contributed by atoms with Crippen LogP contribution in [0.2, 0.25) is 0 Å². The molecule has 0 unspecified atom stereocenters. The van der Waals surface area contributed by atoms with Crippen molar-refractivity contribution in [1.29, 1.82) is 0 Å². The second-order valence-corrected chi connectivity index (χ2v) is 6.24. The van der Waals surface area contributed by atoms with Gasteiger partial charge in [-0.2, -0.15) is 4.72 Å². The maximum Gasteiger partial charge on any atom is 0.245 e. The van der Waals surface area contributed by atoms with Gasteiger partial charge < -0.3 is 9.47 Å². The van der Waals surface area contributed by atoms with Crippen molar-refractivity contribution in [3.8, 4) is 23.3 Å². The van der Waals surface area contributed by atoms with Crippen LogP contribution in [0.15, 0.2) is 53.4 Å². The molecular formula is C17H17NO4S. The van der Waals surface area contributed by atoms with Crippen molar-refractivity contribution in [2.45, 2.75) is 4.90 Å². The van der Waals surface area contributed by atoms with Gasteiger partial charge in [-0.3, -0.25) is 0 Å². The monoisotopic (exact) mass is 331 g/mol. The van der Waals surface area contributed by atoms with E-state index < -0.39 is 10.0 Å². The van der Waals surface area contributed by atoms with Crippen LogP contribution in [0.3, 0.4) is 0 Å². The second-order valence-electron chi connectivity index (χ2n) is 4.51. The third-order valence-electron chi connectivity index (χ3n) is 3.03. The zero-order valence-corrected chi connectivity index (χ0v) is 13.7. The molecule has 0 amide bonds. The van der Waals surface area contributed by atoms with Gasteiger partial charge in [0.15, 0.2) is 0 Å². The van der Waals surface area contributed by atoms with E-state index >= 15 is 0 Å². The Bertz CT molecular complexity index is 818. The molecule has 0 aliphatic carbocycles. The van der Waals surface area contributed by atoms with Gasteiger partial charge >= 0.3 is 0 Å². The summed E-state index contributed by atoms with van der Waals surface area (Å²) in [6.45, 7) is 0.00636. The maximum absolute atomic E-state index is 12.2. The van der Waals surface area contributed by atoms with E-state index in [2.05, 4.69) is 16.6 Å². The molecule has 0 heterocycles. The van der Waals surface area contributed by atoms with E-state index in [1.165, 1.54) is 13.2 Å². The highest BCUT2D eigenvalue weighted by Crippen LogP contribution is 2.22. The van der Waals surface area contributed by atoms with Gasteiger partial charge in [0, 0.05) is 5.56 Å².